The number of rotatable bonds is 3. The molecule has 0 aromatic heterocycles. The second-order valence-electron chi connectivity index (χ2n) is 6.78. The SMILES string of the molecule is CCOc1ccccc1C(=O)N1CCC2(CC1)CCC2(C)O. The molecular weight excluding hydrogens is 278 g/mol. The zero-order valence-electron chi connectivity index (χ0n) is 13.5. The molecule has 22 heavy (non-hydrogen) atoms. The number of carbonyl (C=O) groups is 1. The lowest BCUT2D eigenvalue weighted by molar-refractivity contribution is -0.174. The standard InChI is InChI=1S/C18H25NO3/c1-3-22-15-7-5-4-6-14(15)16(20)19-12-10-18(11-13-19)9-8-17(18,2)21/h4-7,21H,3,8-13H2,1-2H3. The van der Waals surface area contributed by atoms with Gasteiger partial charge in [0.25, 0.3) is 5.91 Å². The van der Waals surface area contributed by atoms with Crippen LogP contribution in [0.15, 0.2) is 24.3 Å². The molecule has 0 bridgehead atoms. The van der Waals surface area contributed by atoms with Gasteiger partial charge in [0.2, 0.25) is 0 Å². The van der Waals surface area contributed by atoms with Gasteiger partial charge in [-0.05, 0) is 51.7 Å². The van der Waals surface area contributed by atoms with E-state index >= 15 is 0 Å². The van der Waals surface area contributed by atoms with E-state index in [9.17, 15) is 9.90 Å². The highest BCUT2D eigenvalue weighted by atomic mass is 16.5. The van der Waals surface area contributed by atoms with Crippen LogP contribution in [0.2, 0.25) is 0 Å². The number of carbonyl (C=O) groups excluding carboxylic acids is 1. The fourth-order valence-corrected chi connectivity index (χ4v) is 3.86. The van der Waals surface area contributed by atoms with Gasteiger partial charge in [-0.3, -0.25) is 4.79 Å². The van der Waals surface area contributed by atoms with E-state index in [0.717, 1.165) is 38.8 Å². The Balaban J connectivity index is 1.70. The van der Waals surface area contributed by atoms with E-state index in [2.05, 4.69) is 0 Å². The van der Waals surface area contributed by atoms with Crippen molar-refractivity contribution in [3.05, 3.63) is 29.8 Å². The summed E-state index contributed by atoms with van der Waals surface area (Å²) in [6, 6.07) is 7.44. The third-order valence-corrected chi connectivity index (χ3v) is 5.66. The molecule has 1 saturated carbocycles. The average molecular weight is 303 g/mol. The lowest BCUT2D eigenvalue weighted by Gasteiger charge is -2.58. The molecule has 1 amide bonds. The van der Waals surface area contributed by atoms with Crippen LogP contribution in [0.25, 0.3) is 0 Å². The molecule has 3 rings (SSSR count). The van der Waals surface area contributed by atoms with Crippen molar-refractivity contribution in [3.63, 3.8) is 0 Å². The fourth-order valence-electron chi connectivity index (χ4n) is 3.86. The van der Waals surface area contributed by atoms with E-state index in [1.54, 1.807) is 0 Å². The molecule has 1 atom stereocenters. The molecule has 0 radical (unpaired) electrons. The zero-order valence-corrected chi connectivity index (χ0v) is 13.5. The minimum Gasteiger partial charge on any atom is -0.493 e. The van der Waals surface area contributed by atoms with E-state index in [-0.39, 0.29) is 11.3 Å². The van der Waals surface area contributed by atoms with E-state index in [1.807, 2.05) is 43.0 Å². The maximum Gasteiger partial charge on any atom is 0.257 e. The van der Waals surface area contributed by atoms with Crippen LogP contribution in [-0.4, -0.2) is 41.2 Å². The highest BCUT2D eigenvalue weighted by Gasteiger charge is 2.55. The van der Waals surface area contributed by atoms with Gasteiger partial charge < -0.3 is 14.7 Å². The average Bonchev–Trinajstić information content (AvgIpc) is 2.54. The first kappa shape index (κ1) is 15.3. The maximum atomic E-state index is 12.8. The predicted molar refractivity (Wildman–Crippen MR) is 85.0 cm³/mol. The first-order chi connectivity index (χ1) is 10.5. The molecule has 2 aliphatic rings. The molecule has 2 fully saturated rings. The number of amides is 1. The topological polar surface area (TPSA) is 49.8 Å². The number of piperidine rings is 1. The van der Waals surface area contributed by atoms with Crippen LogP contribution in [0, 0.1) is 5.41 Å². The Morgan fingerprint density at radius 3 is 2.45 bits per heavy atom. The number of para-hydroxylation sites is 1. The van der Waals surface area contributed by atoms with Gasteiger partial charge in [0.1, 0.15) is 5.75 Å². The van der Waals surface area contributed by atoms with Gasteiger partial charge in [0, 0.05) is 18.5 Å². The van der Waals surface area contributed by atoms with E-state index in [1.165, 1.54) is 0 Å². The molecule has 120 valence electrons. The molecule has 4 heteroatoms. The number of hydrogen-bond acceptors (Lipinski definition) is 3. The largest absolute Gasteiger partial charge is 0.493 e. The molecule has 1 heterocycles. The highest BCUT2D eigenvalue weighted by Crippen LogP contribution is 2.56. The van der Waals surface area contributed by atoms with Crippen LogP contribution in [0.5, 0.6) is 5.75 Å². The van der Waals surface area contributed by atoms with Gasteiger partial charge in [0.15, 0.2) is 0 Å². The first-order valence-corrected chi connectivity index (χ1v) is 8.23. The number of ether oxygens (including phenoxy) is 1. The summed E-state index contributed by atoms with van der Waals surface area (Å²) in [6.07, 6.45) is 3.75. The lowest BCUT2D eigenvalue weighted by Crippen LogP contribution is -2.60. The number of likely N-dealkylation sites (tertiary alicyclic amines) is 1. The summed E-state index contributed by atoms with van der Waals surface area (Å²) in [4.78, 5) is 14.7. The fraction of sp³-hybridized carbons (Fsp3) is 0.611. The van der Waals surface area contributed by atoms with Crippen LogP contribution in [0.1, 0.15) is 49.9 Å². The van der Waals surface area contributed by atoms with Crippen LogP contribution < -0.4 is 4.74 Å². The summed E-state index contributed by atoms with van der Waals surface area (Å²) in [7, 11) is 0. The van der Waals surface area contributed by atoms with E-state index in [0.29, 0.717) is 17.9 Å². The second kappa shape index (κ2) is 5.58. The quantitative estimate of drug-likeness (QED) is 0.934. The van der Waals surface area contributed by atoms with Crippen molar-refractivity contribution >= 4 is 5.91 Å². The Hall–Kier alpha value is -1.55. The maximum absolute atomic E-state index is 12.8. The molecule has 1 N–H and O–H groups in total. The number of nitrogens with zero attached hydrogens (tertiary/aromatic N) is 1. The van der Waals surface area contributed by atoms with Crippen LogP contribution in [-0.2, 0) is 0 Å². The van der Waals surface area contributed by atoms with Crippen molar-refractivity contribution in [3.8, 4) is 5.75 Å². The smallest absolute Gasteiger partial charge is 0.257 e. The van der Waals surface area contributed by atoms with Gasteiger partial charge in [-0.15, -0.1) is 0 Å². The van der Waals surface area contributed by atoms with Gasteiger partial charge in [-0.1, -0.05) is 12.1 Å². The van der Waals surface area contributed by atoms with Crippen LogP contribution in [0.4, 0.5) is 0 Å². The Kier molecular flexibility index (Phi) is 3.89. The summed E-state index contributed by atoms with van der Waals surface area (Å²) >= 11 is 0. The first-order valence-electron chi connectivity index (χ1n) is 8.23. The molecule has 1 aromatic carbocycles. The van der Waals surface area contributed by atoms with Crippen LogP contribution >= 0.6 is 0 Å². The predicted octanol–water partition coefficient (Wildman–Crippen LogP) is 2.85. The second-order valence-corrected chi connectivity index (χ2v) is 6.78. The summed E-state index contributed by atoms with van der Waals surface area (Å²) < 4.78 is 5.57. The molecule has 1 spiro atoms. The molecule has 1 aromatic rings. The molecule has 1 saturated heterocycles. The Morgan fingerprint density at radius 2 is 1.91 bits per heavy atom. The summed E-state index contributed by atoms with van der Waals surface area (Å²) in [5, 5.41) is 10.4. The van der Waals surface area contributed by atoms with Crippen molar-refractivity contribution in [2.24, 2.45) is 5.41 Å². The molecule has 1 aliphatic heterocycles. The summed E-state index contributed by atoms with van der Waals surface area (Å²) in [6.45, 7) is 5.85. The zero-order chi connectivity index (χ0) is 15.8. The van der Waals surface area contributed by atoms with Gasteiger partial charge in [0.05, 0.1) is 17.8 Å². The Labute approximate surface area is 132 Å². The van der Waals surface area contributed by atoms with Crippen molar-refractivity contribution in [1.29, 1.82) is 0 Å². The van der Waals surface area contributed by atoms with Gasteiger partial charge in [-0.2, -0.15) is 0 Å². The Morgan fingerprint density at radius 1 is 1.23 bits per heavy atom. The highest BCUT2D eigenvalue weighted by molar-refractivity contribution is 5.97. The molecule has 1 unspecified atom stereocenters. The van der Waals surface area contributed by atoms with Gasteiger partial charge >= 0.3 is 0 Å². The van der Waals surface area contributed by atoms with E-state index in [4.69, 9.17) is 4.74 Å². The summed E-state index contributed by atoms with van der Waals surface area (Å²) in [5.41, 5.74) is 0.120. The molecule has 4 nitrogen and oxygen atoms in total. The van der Waals surface area contributed by atoms with Crippen molar-refractivity contribution in [2.45, 2.75) is 45.1 Å². The summed E-state index contributed by atoms with van der Waals surface area (Å²) in [5.74, 6) is 0.698. The van der Waals surface area contributed by atoms with Crippen molar-refractivity contribution in [1.82, 2.24) is 4.90 Å². The number of hydrogen-bond donors (Lipinski definition) is 1. The third kappa shape index (κ3) is 2.39. The molecule has 1 aliphatic carbocycles. The minimum absolute atomic E-state index is 0.0310. The minimum atomic E-state index is -0.550. The monoisotopic (exact) mass is 303 g/mol. The van der Waals surface area contributed by atoms with Gasteiger partial charge in [-0.25, -0.2) is 0 Å². The lowest BCUT2D eigenvalue weighted by atomic mass is 9.53. The normalized spacial score (nSPS) is 26.6. The number of benzene rings is 1. The van der Waals surface area contributed by atoms with Crippen molar-refractivity contribution < 1.29 is 14.6 Å². The van der Waals surface area contributed by atoms with Crippen molar-refractivity contribution in [2.75, 3.05) is 19.7 Å². The van der Waals surface area contributed by atoms with E-state index < -0.39 is 5.60 Å². The number of aliphatic hydroxyl groups is 1. The molecular formula is C18H25NO3. The third-order valence-electron chi connectivity index (χ3n) is 5.66. The van der Waals surface area contributed by atoms with Crippen LogP contribution in [0.3, 0.4) is 0 Å². The Bertz CT molecular complexity index is 559.